The molecule has 0 fully saturated rings. The van der Waals surface area contributed by atoms with Crippen molar-refractivity contribution in [3.63, 3.8) is 0 Å². The number of nitrogens with zero attached hydrogens (tertiary/aromatic N) is 1. The normalized spacial score (nSPS) is 10.7. The van der Waals surface area contributed by atoms with Crippen molar-refractivity contribution in [2.45, 2.75) is 0 Å². The van der Waals surface area contributed by atoms with Gasteiger partial charge >= 0.3 is 0 Å². The van der Waals surface area contributed by atoms with E-state index in [9.17, 15) is 4.79 Å². The number of aromatic nitrogens is 2. The monoisotopic (exact) mass is 254 g/mol. The molecular formula is C9H7BrN2O2. The van der Waals surface area contributed by atoms with Gasteiger partial charge in [0.1, 0.15) is 11.2 Å². The largest absolute Gasteiger partial charge is 0.388 e. The van der Waals surface area contributed by atoms with Crippen molar-refractivity contribution in [1.82, 2.24) is 10.2 Å². The molecule has 5 heteroatoms. The van der Waals surface area contributed by atoms with Gasteiger partial charge in [0.05, 0.1) is 5.52 Å². The molecule has 14 heavy (non-hydrogen) atoms. The summed E-state index contributed by atoms with van der Waals surface area (Å²) in [6, 6.07) is 5.10. The van der Waals surface area contributed by atoms with Crippen LogP contribution in [0.3, 0.4) is 0 Å². The van der Waals surface area contributed by atoms with Crippen LogP contribution in [0.15, 0.2) is 22.8 Å². The zero-order valence-electron chi connectivity index (χ0n) is 7.12. The highest BCUT2D eigenvalue weighted by Gasteiger charge is 2.07. The van der Waals surface area contributed by atoms with Crippen LogP contribution in [0.25, 0.3) is 10.9 Å². The number of rotatable bonds is 2. The minimum Gasteiger partial charge on any atom is -0.388 e. The van der Waals surface area contributed by atoms with Crippen molar-refractivity contribution in [3.8, 4) is 0 Å². The predicted molar refractivity (Wildman–Crippen MR) is 55.2 cm³/mol. The standard InChI is InChI=1S/C9H7BrN2O2/c10-9-6-2-1-5(8(14)4-13)3-7(6)11-12-9/h1-3,13H,4H2,(H,11,12). The van der Waals surface area contributed by atoms with E-state index in [4.69, 9.17) is 5.11 Å². The molecule has 0 aliphatic rings. The second-order valence-electron chi connectivity index (χ2n) is 2.85. The van der Waals surface area contributed by atoms with E-state index in [0.717, 1.165) is 9.99 Å². The highest BCUT2D eigenvalue weighted by molar-refractivity contribution is 9.10. The van der Waals surface area contributed by atoms with E-state index in [1.807, 2.05) is 0 Å². The minimum absolute atomic E-state index is 0.300. The van der Waals surface area contributed by atoms with Crippen LogP contribution in [-0.2, 0) is 0 Å². The molecular weight excluding hydrogens is 248 g/mol. The highest BCUT2D eigenvalue weighted by Crippen LogP contribution is 2.21. The van der Waals surface area contributed by atoms with Gasteiger partial charge in [-0.15, -0.1) is 0 Å². The molecule has 1 heterocycles. The Morgan fingerprint density at radius 3 is 3.07 bits per heavy atom. The molecule has 1 aromatic heterocycles. The van der Waals surface area contributed by atoms with Gasteiger partial charge in [0.25, 0.3) is 0 Å². The summed E-state index contributed by atoms with van der Waals surface area (Å²) in [6.45, 7) is -0.475. The first-order valence-corrected chi connectivity index (χ1v) is 4.79. The third-order valence-electron chi connectivity index (χ3n) is 1.97. The predicted octanol–water partition coefficient (Wildman–Crippen LogP) is 1.50. The fourth-order valence-electron chi connectivity index (χ4n) is 1.24. The maximum absolute atomic E-state index is 11.2. The second kappa shape index (κ2) is 3.51. The van der Waals surface area contributed by atoms with Gasteiger partial charge in [0.15, 0.2) is 5.78 Å². The number of ketones is 1. The number of hydrogen-bond donors (Lipinski definition) is 2. The summed E-state index contributed by atoms with van der Waals surface area (Å²) in [7, 11) is 0. The number of hydrogen-bond acceptors (Lipinski definition) is 3. The fraction of sp³-hybridized carbons (Fsp3) is 0.111. The van der Waals surface area contributed by atoms with Crippen molar-refractivity contribution < 1.29 is 9.90 Å². The molecule has 2 aromatic rings. The van der Waals surface area contributed by atoms with Crippen LogP contribution in [0.2, 0.25) is 0 Å². The van der Waals surface area contributed by atoms with E-state index in [2.05, 4.69) is 26.1 Å². The number of benzene rings is 1. The third kappa shape index (κ3) is 1.44. The molecule has 1 aromatic carbocycles. The average Bonchev–Trinajstić information content (AvgIpc) is 2.59. The topological polar surface area (TPSA) is 66.0 Å². The van der Waals surface area contributed by atoms with Gasteiger partial charge in [0.2, 0.25) is 0 Å². The Labute approximate surface area is 88.1 Å². The number of H-pyrrole nitrogens is 1. The summed E-state index contributed by atoms with van der Waals surface area (Å²) in [5, 5.41) is 16.3. The quantitative estimate of drug-likeness (QED) is 0.799. The van der Waals surface area contributed by atoms with Crippen molar-refractivity contribution in [3.05, 3.63) is 28.4 Å². The van der Waals surface area contributed by atoms with E-state index < -0.39 is 6.61 Å². The van der Waals surface area contributed by atoms with Gasteiger partial charge < -0.3 is 5.11 Å². The van der Waals surface area contributed by atoms with Gasteiger partial charge in [-0.25, -0.2) is 0 Å². The number of fused-ring (bicyclic) bond motifs is 1. The number of carbonyl (C=O) groups excluding carboxylic acids is 1. The number of nitrogens with one attached hydrogen (secondary N) is 1. The molecule has 0 radical (unpaired) electrons. The zero-order chi connectivity index (χ0) is 10.1. The maximum Gasteiger partial charge on any atom is 0.188 e. The van der Waals surface area contributed by atoms with Gasteiger partial charge in [-0.3, -0.25) is 9.89 Å². The molecule has 0 bridgehead atoms. The minimum atomic E-state index is -0.475. The molecule has 0 aliphatic carbocycles. The van der Waals surface area contributed by atoms with Crippen LogP contribution < -0.4 is 0 Å². The van der Waals surface area contributed by atoms with Gasteiger partial charge in [-0.05, 0) is 28.1 Å². The second-order valence-corrected chi connectivity index (χ2v) is 3.64. The van der Waals surface area contributed by atoms with Crippen molar-refractivity contribution in [2.24, 2.45) is 0 Å². The SMILES string of the molecule is O=C(CO)c1ccc2c(Br)[nH]nc2c1. The van der Waals surface area contributed by atoms with E-state index in [0.29, 0.717) is 11.1 Å². The van der Waals surface area contributed by atoms with E-state index in [-0.39, 0.29) is 5.78 Å². The first kappa shape index (κ1) is 9.36. The van der Waals surface area contributed by atoms with Crippen LogP contribution in [0.1, 0.15) is 10.4 Å². The van der Waals surface area contributed by atoms with Gasteiger partial charge in [-0.2, -0.15) is 5.10 Å². The lowest BCUT2D eigenvalue weighted by molar-refractivity contribution is 0.0904. The van der Waals surface area contributed by atoms with Crippen LogP contribution in [0.4, 0.5) is 0 Å². The number of carbonyl (C=O) groups is 1. The van der Waals surface area contributed by atoms with E-state index in [1.54, 1.807) is 18.2 Å². The summed E-state index contributed by atoms with van der Waals surface area (Å²) < 4.78 is 0.787. The van der Waals surface area contributed by atoms with Crippen molar-refractivity contribution >= 4 is 32.6 Å². The molecule has 0 saturated heterocycles. The molecule has 0 saturated carbocycles. The zero-order valence-corrected chi connectivity index (χ0v) is 8.71. The summed E-state index contributed by atoms with van der Waals surface area (Å²) >= 11 is 3.29. The number of aliphatic hydroxyl groups excluding tert-OH is 1. The van der Waals surface area contributed by atoms with Crippen LogP contribution >= 0.6 is 15.9 Å². The Bertz CT molecular complexity index is 493. The molecule has 0 spiro atoms. The van der Waals surface area contributed by atoms with E-state index >= 15 is 0 Å². The molecule has 2 rings (SSSR count). The number of halogens is 1. The maximum atomic E-state index is 11.2. The van der Waals surface area contributed by atoms with Crippen molar-refractivity contribution in [2.75, 3.05) is 6.61 Å². The van der Waals surface area contributed by atoms with E-state index in [1.165, 1.54) is 0 Å². The summed E-state index contributed by atoms with van der Waals surface area (Å²) in [5.41, 5.74) is 1.18. The number of aromatic amines is 1. The molecule has 4 nitrogen and oxygen atoms in total. The summed E-state index contributed by atoms with van der Waals surface area (Å²) in [5.74, 6) is -0.300. The molecule has 0 atom stereocenters. The molecule has 0 amide bonds. The summed E-state index contributed by atoms with van der Waals surface area (Å²) in [6.07, 6.45) is 0. The number of Topliss-reactive ketones (excluding diaryl/α,β-unsaturated/α-hetero) is 1. The lowest BCUT2D eigenvalue weighted by Crippen LogP contribution is -2.03. The molecule has 2 N–H and O–H groups in total. The lowest BCUT2D eigenvalue weighted by Gasteiger charge is -1.96. The Morgan fingerprint density at radius 1 is 1.57 bits per heavy atom. The van der Waals surface area contributed by atoms with Gasteiger partial charge in [-0.1, -0.05) is 6.07 Å². The highest BCUT2D eigenvalue weighted by atomic mass is 79.9. The fourth-order valence-corrected chi connectivity index (χ4v) is 1.67. The Kier molecular flexibility index (Phi) is 2.35. The Morgan fingerprint density at radius 2 is 2.36 bits per heavy atom. The summed E-state index contributed by atoms with van der Waals surface area (Å²) in [4.78, 5) is 11.2. The van der Waals surface area contributed by atoms with Crippen LogP contribution in [-0.4, -0.2) is 27.7 Å². The third-order valence-corrected chi connectivity index (χ3v) is 2.58. The Balaban J connectivity index is 2.57. The molecule has 72 valence electrons. The first-order chi connectivity index (χ1) is 6.72. The molecule has 0 aliphatic heterocycles. The van der Waals surface area contributed by atoms with Crippen LogP contribution in [0.5, 0.6) is 0 Å². The van der Waals surface area contributed by atoms with Gasteiger partial charge in [0, 0.05) is 10.9 Å². The molecule has 0 unspecified atom stereocenters. The van der Waals surface area contributed by atoms with Crippen LogP contribution in [0, 0.1) is 0 Å². The van der Waals surface area contributed by atoms with Crippen molar-refractivity contribution in [1.29, 1.82) is 0 Å². The smallest absolute Gasteiger partial charge is 0.188 e. The Hall–Kier alpha value is -1.20. The average molecular weight is 255 g/mol. The number of aliphatic hydroxyl groups is 1. The lowest BCUT2D eigenvalue weighted by atomic mass is 10.1. The first-order valence-electron chi connectivity index (χ1n) is 4.00.